The number of nitrogens with zero attached hydrogens (tertiary/aromatic N) is 4. The van der Waals surface area contributed by atoms with Gasteiger partial charge in [-0.2, -0.15) is 10.5 Å². The number of pyridine rings is 2. The first-order chi connectivity index (χ1) is 16.1. The van der Waals surface area contributed by atoms with Gasteiger partial charge >= 0.3 is 0 Å². The van der Waals surface area contributed by atoms with Crippen LogP contribution >= 0.6 is 11.8 Å². The minimum absolute atomic E-state index is 0.180. The second kappa shape index (κ2) is 11.6. The lowest BCUT2D eigenvalue weighted by Crippen LogP contribution is -2.12. The molecular weight excluding hydrogens is 436 g/mol. The number of methoxy groups -OCH3 is 1. The van der Waals surface area contributed by atoms with E-state index in [4.69, 9.17) is 4.74 Å². The standard InChI is InChI=1S/C24H22N6O2S/c1-16(31)29-19-7-5-18(6-8-19)22-20(12-25)23(28-10-11-32-2)30-24(21(22)13-26)33-15-17-4-3-9-27-14-17/h3-9,14H,10-11,15H2,1-2H3,(H,28,30)(H,29,31). The van der Waals surface area contributed by atoms with Crippen molar-refractivity contribution in [3.8, 4) is 23.3 Å². The molecule has 166 valence electrons. The van der Waals surface area contributed by atoms with Gasteiger partial charge in [0, 0.05) is 50.0 Å². The van der Waals surface area contributed by atoms with Gasteiger partial charge in [0.1, 0.15) is 28.5 Å². The monoisotopic (exact) mass is 458 g/mol. The van der Waals surface area contributed by atoms with Crippen LogP contribution in [-0.4, -0.2) is 36.1 Å². The highest BCUT2D eigenvalue weighted by molar-refractivity contribution is 7.98. The average Bonchev–Trinajstić information content (AvgIpc) is 2.83. The normalized spacial score (nSPS) is 10.2. The number of hydrogen-bond donors (Lipinski definition) is 2. The summed E-state index contributed by atoms with van der Waals surface area (Å²) in [7, 11) is 1.59. The van der Waals surface area contributed by atoms with Crippen molar-refractivity contribution in [3.05, 3.63) is 65.5 Å². The minimum atomic E-state index is -0.180. The van der Waals surface area contributed by atoms with Gasteiger partial charge in [-0.1, -0.05) is 18.2 Å². The van der Waals surface area contributed by atoms with Gasteiger partial charge in [0.25, 0.3) is 0 Å². The zero-order valence-corrected chi connectivity index (χ0v) is 19.1. The van der Waals surface area contributed by atoms with Crippen molar-refractivity contribution in [3.63, 3.8) is 0 Å². The van der Waals surface area contributed by atoms with Gasteiger partial charge < -0.3 is 15.4 Å². The number of nitriles is 2. The lowest BCUT2D eigenvalue weighted by Gasteiger charge is -2.16. The Labute approximate surface area is 196 Å². The maximum Gasteiger partial charge on any atom is 0.221 e. The number of ether oxygens (including phenoxy) is 1. The number of nitrogens with one attached hydrogen (secondary N) is 2. The first-order valence-corrected chi connectivity index (χ1v) is 11.1. The van der Waals surface area contributed by atoms with Crippen LogP contribution in [0.15, 0.2) is 53.8 Å². The molecule has 0 atom stereocenters. The van der Waals surface area contributed by atoms with E-state index in [1.807, 2.05) is 12.1 Å². The van der Waals surface area contributed by atoms with Gasteiger partial charge in [-0.3, -0.25) is 9.78 Å². The third-order valence-corrected chi connectivity index (χ3v) is 5.63. The maximum atomic E-state index is 11.3. The number of amides is 1. The molecule has 0 saturated heterocycles. The number of rotatable bonds is 9. The van der Waals surface area contributed by atoms with E-state index in [1.165, 1.54) is 18.7 Å². The molecule has 2 heterocycles. The molecule has 2 N–H and O–H groups in total. The van der Waals surface area contributed by atoms with E-state index in [2.05, 4.69) is 32.7 Å². The molecule has 0 fully saturated rings. The molecule has 0 aliphatic rings. The molecule has 1 amide bonds. The zero-order chi connectivity index (χ0) is 23.6. The van der Waals surface area contributed by atoms with E-state index in [1.54, 1.807) is 43.8 Å². The van der Waals surface area contributed by atoms with Crippen molar-refractivity contribution in [1.82, 2.24) is 9.97 Å². The molecule has 0 saturated carbocycles. The molecule has 0 radical (unpaired) electrons. The fourth-order valence-electron chi connectivity index (χ4n) is 3.13. The van der Waals surface area contributed by atoms with Crippen LogP contribution in [-0.2, 0) is 15.3 Å². The van der Waals surface area contributed by atoms with Crippen LogP contribution in [0.2, 0.25) is 0 Å². The number of carbonyl (C=O) groups excluding carboxylic acids is 1. The third kappa shape index (κ3) is 6.07. The second-order valence-corrected chi connectivity index (χ2v) is 7.91. The molecule has 0 bridgehead atoms. The van der Waals surface area contributed by atoms with Gasteiger partial charge in [-0.25, -0.2) is 4.98 Å². The summed E-state index contributed by atoms with van der Waals surface area (Å²) in [5.74, 6) is 0.781. The first kappa shape index (κ1) is 23.7. The maximum absolute atomic E-state index is 11.3. The largest absolute Gasteiger partial charge is 0.383 e. The van der Waals surface area contributed by atoms with Crippen LogP contribution < -0.4 is 10.6 Å². The molecule has 1 aromatic carbocycles. The fourth-order valence-corrected chi connectivity index (χ4v) is 4.05. The van der Waals surface area contributed by atoms with Crippen molar-refractivity contribution in [2.45, 2.75) is 17.7 Å². The molecule has 8 nitrogen and oxygen atoms in total. The molecule has 3 aromatic rings. The average molecular weight is 459 g/mol. The molecule has 33 heavy (non-hydrogen) atoms. The summed E-state index contributed by atoms with van der Waals surface area (Å²) in [5.41, 5.74) is 3.40. The quantitative estimate of drug-likeness (QED) is 0.361. The zero-order valence-electron chi connectivity index (χ0n) is 18.3. The SMILES string of the molecule is COCCNc1nc(SCc2cccnc2)c(C#N)c(-c2ccc(NC(C)=O)cc2)c1C#N. The number of anilines is 2. The summed E-state index contributed by atoms with van der Waals surface area (Å²) in [6.45, 7) is 2.32. The third-order valence-electron chi connectivity index (χ3n) is 4.58. The number of thioether (sulfide) groups is 1. The highest BCUT2D eigenvalue weighted by Gasteiger charge is 2.22. The summed E-state index contributed by atoms with van der Waals surface area (Å²) in [5, 5.41) is 26.4. The Morgan fingerprint density at radius 2 is 1.91 bits per heavy atom. The minimum Gasteiger partial charge on any atom is -0.383 e. The molecule has 0 spiro atoms. The fraction of sp³-hybridized carbons (Fsp3) is 0.208. The van der Waals surface area contributed by atoms with Crippen molar-refractivity contribution >= 4 is 29.2 Å². The van der Waals surface area contributed by atoms with Crippen molar-refractivity contribution < 1.29 is 9.53 Å². The smallest absolute Gasteiger partial charge is 0.221 e. The van der Waals surface area contributed by atoms with Crippen LogP contribution in [0.3, 0.4) is 0 Å². The number of benzene rings is 1. The Balaban J connectivity index is 2.09. The van der Waals surface area contributed by atoms with E-state index in [9.17, 15) is 15.3 Å². The summed E-state index contributed by atoms with van der Waals surface area (Å²) < 4.78 is 5.11. The number of carbonyl (C=O) groups is 1. The van der Waals surface area contributed by atoms with Crippen LogP contribution in [0.5, 0.6) is 0 Å². The Morgan fingerprint density at radius 3 is 2.52 bits per heavy atom. The Bertz CT molecular complexity index is 1200. The molecular formula is C24H22N6O2S. The van der Waals surface area contributed by atoms with E-state index >= 15 is 0 Å². The first-order valence-electron chi connectivity index (χ1n) is 10.1. The summed E-state index contributed by atoms with van der Waals surface area (Å²) >= 11 is 1.41. The van der Waals surface area contributed by atoms with Crippen LogP contribution in [0.1, 0.15) is 23.6 Å². The Hall–Kier alpha value is -3.92. The summed E-state index contributed by atoms with van der Waals surface area (Å²) in [4.78, 5) is 20.1. The van der Waals surface area contributed by atoms with Crippen molar-refractivity contribution in [2.24, 2.45) is 0 Å². The predicted molar refractivity (Wildman–Crippen MR) is 128 cm³/mol. The van der Waals surface area contributed by atoms with Gasteiger partial charge in [-0.05, 0) is 29.3 Å². The second-order valence-electron chi connectivity index (χ2n) is 6.94. The van der Waals surface area contributed by atoms with E-state index in [-0.39, 0.29) is 11.5 Å². The van der Waals surface area contributed by atoms with E-state index in [0.29, 0.717) is 52.1 Å². The highest BCUT2D eigenvalue weighted by atomic mass is 32.2. The summed E-state index contributed by atoms with van der Waals surface area (Å²) in [6, 6.07) is 15.3. The van der Waals surface area contributed by atoms with Crippen LogP contribution in [0.4, 0.5) is 11.5 Å². The Morgan fingerprint density at radius 1 is 1.15 bits per heavy atom. The molecule has 0 aliphatic carbocycles. The topological polar surface area (TPSA) is 124 Å². The highest BCUT2D eigenvalue weighted by Crippen LogP contribution is 2.37. The lowest BCUT2D eigenvalue weighted by molar-refractivity contribution is -0.114. The molecule has 3 rings (SSSR count). The van der Waals surface area contributed by atoms with Gasteiger partial charge in [0.2, 0.25) is 5.91 Å². The molecule has 0 unspecified atom stereocenters. The van der Waals surface area contributed by atoms with Crippen LogP contribution in [0, 0.1) is 22.7 Å². The number of aromatic nitrogens is 2. The van der Waals surface area contributed by atoms with Crippen LogP contribution in [0.25, 0.3) is 11.1 Å². The Kier molecular flexibility index (Phi) is 8.36. The van der Waals surface area contributed by atoms with Gasteiger partial charge in [0.05, 0.1) is 12.2 Å². The molecule has 9 heteroatoms. The lowest BCUT2D eigenvalue weighted by atomic mass is 9.96. The van der Waals surface area contributed by atoms with E-state index < -0.39 is 0 Å². The van der Waals surface area contributed by atoms with Crippen molar-refractivity contribution in [1.29, 1.82) is 10.5 Å². The number of hydrogen-bond acceptors (Lipinski definition) is 8. The van der Waals surface area contributed by atoms with E-state index in [0.717, 1.165) is 5.56 Å². The summed E-state index contributed by atoms with van der Waals surface area (Å²) in [6.07, 6.45) is 3.47. The molecule has 2 aromatic heterocycles. The van der Waals surface area contributed by atoms with Crippen molar-refractivity contribution in [2.75, 3.05) is 30.9 Å². The molecule has 0 aliphatic heterocycles. The predicted octanol–water partition coefficient (Wildman–Crippen LogP) is 4.20. The van der Waals surface area contributed by atoms with Gasteiger partial charge in [0.15, 0.2) is 0 Å². The van der Waals surface area contributed by atoms with Gasteiger partial charge in [-0.15, -0.1) is 11.8 Å².